The lowest BCUT2D eigenvalue weighted by molar-refractivity contribution is -0.0504. The zero-order valence-corrected chi connectivity index (χ0v) is 13.2. The highest BCUT2D eigenvalue weighted by Gasteiger charge is 2.26. The molecule has 0 aliphatic heterocycles. The molecule has 1 aromatic heterocycles. The van der Waals surface area contributed by atoms with Gasteiger partial charge in [0.1, 0.15) is 17.4 Å². The van der Waals surface area contributed by atoms with E-state index in [4.69, 9.17) is 0 Å². The lowest BCUT2D eigenvalue weighted by Gasteiger charge is -2.12. The topological polar surface area (TPSA) is 47.0 Å². The van der Waals surface area contributed by atoms with Crippen molar-refractivity contribution in [3.8, 4) is 5.75 Å². The second-order valence-electron chi connectivity index (χ2n) is 5.06. The van der Waals surface area contributed by atoms with Crippen molar-refractivity contribution in [2.45, 2.75) is 31.9 Å². The van der Waals surface area contributed by atoms with Crippen molar-refractivity contribution < 1.29 is 13.5 Å². The zero-order chi connectivity index (χ0) is 15.5. The molecule has 3 rings (SSSR count). The predicted molar refractivity (Wildman–Crippen MR) is 82.1 cm³/mol. The molecule has 1 aromatic carbocycles. The monoisotopic (exact) mass is 369 g/mol. The second-order valence-corrected chi connectivity index (χ2v) is 5.97. The van der Waals surface area contributed by atoms with E-state index >= 15 is 0 Å². The van der Waals surface area contributed by atoms with Gasteiger partial charge in [-0.1, -0.05) is 15.9 Å². The van der Waals surface area contributed by atoms with Crippen molar-refractivity contribution in [3.63, 3.8) is 0 Å². The Labute approximate surface area is 135 Å². The van der Waals surface area contributed by atoms with Crippen LogP contribution in [0.2, 0.25) is 0 Å². The zero-order valence-electron chi connectivity index (χ0n) is 11.6. The molecule has 7 heteroatoms. The number of nitrogens with zero attached hydrogens (tertiary/aromatic N) is 2. The summed E-state index contributed by atoms with van der Waals surface area (Å²) in [6.07, 6.45) is 3.96. The van der Waals surface area contributed by atoms with E-state index in [-0.39, 0.29) is 5.75 Å². The third-order valence-corrected chi connectivity index (χ3v) is 3.81. The van der Waals surface area contributed by atoms with E-state index in [1.807, 2.05) is 0 Å². The number of benzene rings is 1. The van der Waals surface area contributed by atoms with Gasteiger partial charge in [-0.2, -0.15) is 8.78 Å². The van der Waals surface area contributed by atoms with Gasteiger partial charge in [0.2, 0.25) is 0 Å². The van der Waals surface area contributed by atoms with Gasteiger partial charge in [0, 0.05) is 28.7 Å². The Morgan fingerprint density at radius 2 is 2.14 bits per heavy atom. The van der Waals surface area contributed by atoms with Crippen LogP contribution in [0.3, 0.4) is 0 Å². The first-order chi connectivity index (χ1) is 10.6. The second kappa shape index (κ2) is 6.56. The summed E-state index contributed by atoms with van der Waals surface area (Å²) in [6.45, 7) is -2.51. The van der Waals surface area contributed by atoms with Crippen LogP contribution >= 0.6 is 15.9 Å². The number of halogens is 3. The first kappa shape index (κ1) is 15.1. The van der Waals surface area contributed by atoms with Crippen LogP contribution in [-0.4, -0.2) is 16.6 Å². The number of nitrogens with one attached hydrogen (secondary N) is 1. The van der Waals surface area contributed by atoms with Crippen molar-refractivity contribution >= 4 is 21.7 Å². The summed E-state index contributed by atoms with van der Waals surface area (Å²) in [5.74, 6) is 2.13. The third-order valence-electron chi connectivity index (χ3n) is 3.32. The first-order valence-corrected chi connectivity index (χ1v) is 7.71. The standard InChI is InChI=1S/C15H14BrF2N3O/c16-11-3-4-12(22-15(17)18)10(7-11)8-20-13-5-6-19-14(21-13)9-1-2-9/h3-7,9,15H,1-2,8H2,(H,19,20,21). The summed E-state index contributed by atoms with van der Waals surface area (Å²) >= 11 is 3.33. The van der Waals surface area contributed by atoms with Gasteiger partial charge in [0.15, 0.2) is 0 Å². The molecule has 0 amide bonds. The fourth-order valence-corrected chi connectivity index (χ4v) is 2.50. The van der Waals surface area contributed by atoms with Crippen molar-refractivity contribution in [2.24, 2.45) is 0 Å². The maximum absolute atomic E-state index is 12.4. The number of hydrogen-bond donors (Lipinski definition) is 1. The molecule has 0 saturated heterocycles. The lowest BCUT2D eigenvalue weighted by atomic mass is 10.2. The van der Waals surface area contributed by atoms with Crippen LogP contribution in [0.25, 0.3) is 0 Å². The number of aromatic nitrogens is 2. The smallest absolute Gasteiger partial charge is 0.387 e. The summed E-state index contributed by atoms with van der Waals surface area (Å²) in [6, 6.07) is 6.69. The minimum absolute atomic E-state index is 0.155. The molecule has 1 fully saturated rings. The van der Waals surface area contributed by atoms with E-state index in [0.29, 0.717) is 23.8 Å². The van der Waals surface area contributed by atoms with E-state index < -0.39 is 6.61 Å². The largest absolute Gasteiger partial charge is 0.434 e. The van der Waals surface area contributed by atoms with Gasteiger partial charge in [-0.15, -0.1) is 0 Å². The third kappa shape index (κ3) is 3.91. The number of anilines is 1. The molecule has 1 saturated carbocycles. The minimum Gasteiger partial charge on any atom is -0.434 e. The van der Waals surface area contributed by atoms with Gasteiger partial charge in [0.25, 0.3) is 0 Å². The molecule has 116 valence electrons. The van der Waals surface area contributed by atoms with Crippen molar-refractivity contribution in [3.05, 3.63) is 46.3 Å². The molecule has 1 heterocycles. The van der Waals surface area contributed by atoms with Crippen molar-refractivity contribution in [1.82, 2.24) is 9.97 Å². The summed E-state index contributed by atoms with van der Waals surface area (Å²) in [7, 11) is 0. The molecule has 1 N–H and O–H groups in total. The van der Waals surface area contributed by atoms with Crippen molar-refractivity contribution in [1.29, 1.82) is 0 Å². The normalized spacial score (nSPS) is 14.2. The Balaban J connectivity index is 1.72. The Bertz CT molecular complexity index is 665. The Morgan fingerprint density at radius 3 is 2.86 bits per heavy atom. The first-order valence-electron chi connectivity index (χ1n) is 6.92. The van der Waals surface area contributed by atoms with E-state index in [0.717, 1.165) is 23.1 Å². The molecule has 4 nitrogen and oxygen atoms in total. The average molecular weight is 370 g/mol. The van der Waals surface area contributed by atoms with Crippen LogP contribution in [0.15, 0.2) is 34.9 Å². The minimum atomic E-state index is -2.85. The van der Waals surface area contributed by atoms with Crippen LogP contribution in [-0.2, 0) is 6.54 Å². The highest BCUT2D eigenvalue weighted by Crippen LogP contribution is 2.38. The van der Waals surface area contributed by atoms with E-state index in [9.17, 15) is 8.78 Å². The molecule has 2 aromatic rings. The molecular formula is C15H14BrF2N3O. The van der Waals surface area contributed by atoms with Gasteiger partial charge < -0.3 is 10.1 Å². The highest BCUT2D eigenvalue weighted by molar-refractivity contribution is 9.10. The van der Waals surface area contributed by atoms with E-state index in [1.54, 1.807) is 24.4 Å². The van der Waals surface area contributed by atoms with E-state index in [1.165, 1.54) is 6.07 Å². The fourth-order valence-electron chi connectivity index (χ4n) is 2.09. The lowest BCUT2D eigenvalue weighted by Crippen LogP contribution is -2.08. The molecule has 22 heavy (non-hydrogen) atoms. The average Bonchev–Trinajstić information content (AvgIpc) is 3.32. The van der Waals surface area contributed by atoms with Crippen LogP contribution in [0.5, 0.6) is 5.75 Å². The molecule has 1 aliphatic rings. The van der Waals surface area contributed by atoms with Gasteiger partial charge in [-0.3, -0.25) is 0 Å². The Hall–Kier alpha value is -1.76. The molecule has 0 radical (unpaired) electrons. The maximum Gasteiger partial charge on any atom is 0.387 e. The van der Waals surface area contributed by atoms with Gasteiger partial charge in [-0.05, 0) is 37.1 Å². The van der Waals surface area contributed by atoms with E-state index in [2.05, 4.69) is 36.0 Å². The predicted octanol–water partition coefficient (Wildman–Crippen LogP) is 4.33. The fraction of sp³-hybridized carbons (Fsp3) is 0.333. The molecular weight excluding hydrogens is 356 g/mol. The van der Waals surface area contributed by atoms with Crippen LogP contribution in [0.4, 0.5) is 14.6 Å². The number of ether oxygens (including phenoxy) is 1. The molecule has 0 unspecified atom stereocenters. The van der Waals surface area contributed by atoms with Crippen LogP contribution < -0.4 is 10.1 Å². The molecule has 1 aliphatic carbocycles. The summed E-state index contributed by atoms with van der Waals surface area (Å²) < 4.78 is 30.2. The van der Waals surface area contributed by atoms with Crippen LogP contribution in [0.1, 0.15) is 30.1 Å². The molecule has 0 atom stereocenters. The Kier molecular flexibility index (Phi) is 4.52. The Morgan fingerprint density at radius 1 is 1.32 bits per heavy atom. The molecule has 0 spiro atoms. The van der Waals surface area contributed by atoms with Gasteiger partial charge >= 0.3 is 6.61 Å². The molecule has 0 bridgehead atoms. The summed E-state index contributed by atoms with van der Waals surface area (Å²) in [4.78, 5) is 8.68. The SMILES string of the molecule is FC(F)Oc1ccc(Br)cc1CNc1ccnc(C2CC2)n1. The summed E-state index contributed by atoms with van der Waals surface area (Å²) in [5.41, 5.74) is 0.626. The number of rotatable bonds is 6. The quantitative estimate of drug-likeness (QED) is 0.822. The number of hydrogen-bond acceptors (Lipinski definition) is 4. The van der Waals surface area contributed by atoms with Crippen LogP contribution in [0, 0.1) is 0 Å². The highest BCUT2D eigenvalue weighted by atomic mass is 79.9. The number of alkyl halides is 2. The van der Waals surface area contributed by atoms with Gasteiger partial charge in [0.05, 0.1) is 0 Å². The van der Waals surface area contributed by atoms with Gasteiger partial charge in [-0.25, -0.2) is 9.97 Å². The maximum atomic E-state index is 12.4. The summed E-state index contributed by atoms with van der Waals surface area (Å²) in [5, 5.41) is 3.13. The van der Waals surface area contributed by atoms with Crippen molar-refractivity contribution in [2.75, 3.05) is 5.32 Å².